The molecule has 0 saturated carbocycles. The summed E-state index contributed by atoms with van der Waals surface area (Å²) < 4.78 is 5.41. The van der Waals surface area contributed by atoms with Gasteiger partial charge in [0.05, 0.1) is 11.6 Å². The molecule has 3 aromatic rings. The second kappa shape index (κ2) is 8.85. The van der Waals surface area contributed by atoms with Crippen LogP contribution in [0.3, 0.4) is 0 Å². The first-order valence-electron chi connectivity index (χ1n) is 8.72. The van der Waals surface area contributed by atoms with Crippen LogP contribution in [0, 0.1) is 13.8 Å². The topological polar surface area (TPSA) is 38.3 Å². The molecule has 137 valence electrons. The molecule has 0 bridgehead atoms. The highest BCUT2D eigenvalue weighted by Crippen LogP contribution is 2.28. The largest absolute Gasteiger partial charge is 0.377 e. The maximum absolute atomic E-state index is 12.8. The highest BCUT2D eigenvalue weighted by Gasteiger charge is 2.15. The van der Waals surface area contributed by atoms with Crippen LogP contribution in [0.15, 0.2) is 66.7 Å². The lowest BCUT2D eigenvalue weighted by Gasteiger charge is -2.13. The monoisotopic (exact) mass is 378 g/mol. The fraction of sp³-hybridized carbons (Fsp3) is 0.130. The Balaban J connectivity index is 1.84. The summed E-state index contributed by atoms with van der Waals surface area (Å²) >= 11 is 6.42. The molecule has 0 aliphatic heterocycles. The van der Waals surface area contributed by atoms with Gasteiger partial charge in [0.25, 0.3) is 0 Å². The average Bonchev–Trinajstić information content (AvgIpc) is 2.67. The van der Waals surface area contributed by atoms with E-state index in [1.807, 2.05) is 61.5 Å². The Morgan fingerprint density at radius 3 is 2.52 bits per heavy atom. The first-order chi connectivity index (χ1) is 13.1. The minimum absolute atomic E-state index is 0.0751. The quantitative estimate of drug-likeness (QED) is 0.514. The Morgan fingerprint density at radius 1 is 1.04 bits per heavy atom. The summed E-state index contributed by atoms with van der Waals surface area (Å²) in [5, 5.41) is 3.76. The molecule has 0 spiro atoms. The number of hydrogen-bond donors (Lipinski definition) is 1. The number of para-hydroxylation sites is 1. The van der Waals surface area contributed by atoms with E-state index >= 15 is 0 Å². The Kier molecular flexibility index (Phi) is 6.28. The lowest BCUT2D eigenvalue weighted by Crippen LogP contribution is -2.05. The van der Waals surface area contributed by atoms with E-state index in [4.69, 9.17) is 16.3 Å². The van der Waals surface area contributed by atoms with Gasteiger partial charge in [0.2, 0.25) is 0 Å². The number of ketones is 1. The SMILES string of the molecule is [CH2]COCc1ccccc1Nc1ccc(C(=O)c2ccccc2C)c(Cl)c1. The normalized spacial score (nSPS) is 10.6. The molecule has 3 aromatic carbocycles. The molecular formula is C23H21ClNO2. The molecule has 0 atom stereocenters. The van der Waals surface area contributed by atoms with Crippen LogP contribution in [0.4, 0.5) is 11.4 Å². The van der Waals surface area contributed by atoms with Gasteiger partial charge in [-0.25, -0.2) is 0 Å². The van der Waals surface area contributed by atoms with Crippen molar-refractivity contribution in [3.63, 3.8) is 0 Å². The van der Waals surface area contributed by atoms with Crippen LogP contribution in [0.5, 0.6) is 0 Å². The van der Waals surface area contributed by atoms with Gasteiger partial charge in [-0.15, -0.1) is 0 Å². The third-order valence-corrected chi connectivity index (χ3v) is 4.61. The average molecular weight is 379 g/mol. The zero-order valence-electron chi connectivity index (χ0n) is 15.2. The lowest BCUT2D eigenvalue weighted by atomic mass is 9.99. The molecule has 3 nitrogen and oxygen atoms in total. The molecule has 0 aromatic heterocycles. The molecule has 0 unspecified atom stereocenters. The summed E-state index contributed by atoms with van der Waals surface area (Å²) in [5.41, 5.74) is 4.85. The number of hydrogen-bond acceptors (Lipinski definition) is 3. The van der Waals surface area contributed by atoms with Crippen molar-refractivity contribution in [1.29, 1.82) is 0 Å². The second-order valence-corrected chi connectivity index (χ2v) is 6.58. The third kappa shape index (κ3) is 4.57. The smallest absolute Gasteiger partial charge is 0.194 e. The van der Waals surface area contributed by atoms with Crippen LogP contribution in [-0.4, -0.2) is 12.4 Å². The summed E-state index contributed by atoms with van der Waals surface area (Å²) in [5.74, 6) is -0.0751. The first kappa shape index (κ1) is 19.2. The number of nitrogens with one attached hydrogen (secondary N) is 1. The Bertz CT molecular complexity index is 953. The summed E-state index contributed by atoms with van der Waals surface area (Å²) in [6.45, 7) is 6.50. The predicted molar refractivity (Wildman–Crippen MR) is 111 cm³/mol. The third-order valence-electron chi connectivity index (χ3n) is 4.30. The minimum Gasteiger partial charge on any atom is -0.377 e. The van der Waals surface area contributed by atoms with Gasteiger partial charge in [-0.1, -0.05) is 54.1 Å². The van der Waals surface area contributed by atoms with Crippen molar-refractivity contribution >= 4 is 28.8 Å². The molecule has 0 aliphatic carbocycles. The fourth-order valence-corrected chi connectivity index (χ4v) is 3.12. The Labute approximate surface area is 164 Å². The Hall–Kier alpha value is -2.62. The maximum Gasteiger partial charge on any atom is 0.194 e. The van der Waals surface area contributed by atoms with E-state index in [0.29, 0.717) is 29.4 Å². The molecule has 4 heteroatoms. The number of ether oxygens (including phenoxy) is 1. The van der Waals surface area contributed by atoms with Crippen molar-refractivity contribution in [2.75, 3.05) is 11.9 Å². The Morgan fingerprint density at radius 2 is 1.78 bits per heavy atom. The number of rotatable bonds is 7. The molecule has 3 rings (SSSR count). The van der Waals surface area contributed by atoms with Gasteiger partial charge in [0, 0.05) is 34.7 Å². The molecule has 0 aliphatic rings. The van der Waals surface area contributed by atoms with Crippen LogP contribution in [0.25, 0.3) is 0 Å². The van der Waals surface area contributed by atoms with E-state index in [2.05, 4.69) is 12.2 Å². The standard InChI is InChI=1S/C23H21ClNO2/c1-3-27-15-17-9-5-7-11-22(17)25-18-12-13-20(21(24)14-18)23(26)19-10-6-4-8-16(19)2/h4-14,25H,1,3,15H2,2H3. The van der Waals surface area contributed by atoms with E-state index < -0.39 is 0 Å². The highest BCUT2D eigenvalue weighted by atomic mass is 35.5. The van der Waals surface area contributed by atoms with Crippen LogP contribution in [0.1, 0.15) is 27.0 Å². The van der Waals surface area contributed by atoms with Crippen molar-refractivity contribution in [3.05, 3.63) is 101 Å². The number of carbonyl (C=O) groups is 1. The van der Waals surface area contributed by atoms with Gasteiger partial charge in [-0.3, -0.25) is 4.79 Å². The molecule has 1 radical (unpaired) electrons. The highest BCUT2D eigenvalue weighted by molar-refractivity contribution is 6.35. The van der Waals surface area contributed by atoms with Gasteiger partial charge in [-0.2, -0.15) is 0 Å². The zero-order chi connectivity index (χ0) is 19.2. The van der Waals surface area contributed by atoms with Crippen molar-refractivity contribution in [2.45, 2.75) is 13.5 Å². The van der Waals surface area contributed by atoms with E-state index in [-0.39, 0.29) is 5.78 Å². The molecule has 0 amide bonds. The van der Waals surface area contributed by atoms with Gasteiger partial charge < -0.3 is 10.1 Å². The van der Waals surface area contributed by atoms with Gasteiger partial charge in [0.1, 0.15) is 0 Å². The van der Waals surface area contributed by atoms with Gasteiger partial charge in [-0.05, 0) is 43.7 Å². The van der Waals surface area contributed by atoms with E-state index in [9.17, 15) is 4.79 Å². The zero-order valence-corrected chi connectivity index (χ0v) is 15.9. The van der Waals surface area contributed by atoms with Crippen LogP contribution in [0.2, 0.25) is 5.02 Å². The van der Waals surface area contributed by atoms with Crippen molar-refractivity contribution in [2.24, 2.45) is 0 Å². The number of benzene rings is 3. The van der Waals surface area contributed by atoms with Crippen LogP contribution in [-0.2, 0) is 11.3 Å². The molecule has 27 heavy (non-hydrogen) atoms. The van der Waals surface area contributed by atoms with Crippen LogP contribution < -0.4 is 5.32 Å². The van der Waals surface area contributed by atoms with E-state index in [1.54, 1.807) is 12.1 Å². The second-order valence-electron chi connectivity index (χ2n) is 6.17. The fourth-order valence-electron chi connectivity index (χ4n) is 2.86. The number of carbonyl (C=O) groups excluding carboxylic acids is 1. The van der Waals surface area contributed by atoms with Crippen molar-refractivity contribution < 1.29 is 9.53 Å². The van der Waals surface area contributed by atoms with Gasteiger partial charge in [0.15, 0.2) is 5.78 Å². The minimum atomic E-state index is -0.0751. The maximum atomic E-state index is 12.8. The summed E-state index contributed by atoms with van der Waals surface area (Å²) in [7, 11) is 0. The lowest BCUT2D eigenvalue weighted by molar-refractivity contribution is 0.103. The summed E-state index contributed by atoms with van der Waals surface area (Å²) in [4.78, 5) is 12.8. The summed E-state index contributed by atoms with van der Waals surface area (Å²) in [6.07, 6.45) is 0. The molecule has 0 heterocycles. The van der Waals surface area contributed by atoms with Crippen LogP contribution >= 0.6 is 11.6 Å². The number of aryl methyl sites for hydroxylation is 1. The van der Waals surface area contributed by atoms with Crippen molar-refractivity contribution in [1.82, 2.24) is 0 Å². The van der Waals surface area contributed by atoms with Crippen molar-refractivity contribution in [3.8, 4) is 0 Å². The van der Waals surface area contributed by atoms with E-state index in [1.165, 1.54) is 0 Å². The number of halogens is 1. The molecule has 0 fully saturated rings. The molecular weight excluding hydrogens is 358 g/mol. The first-order valence-corrected chi connectivity index (χ1v) is 9.09. The predicted octanol–water partition coefficient (Wildman–Crippen LogP) is 5.97. The molecule has 1 N–H and O–H groups in total. The number of anilines is 2. The molecule has 0 saturated heterocycles. The summed E-state index contributed by atoms with van der Waals surface area (Å²) in [6, 6.07) is 20.8. The van der Waals surface area contributed by atoms with Gasteiger partial charge >= 0.3 is 0 Å². The van der Waals surface area contributed by atoms with E-state index in [0.717, 1.165) is 22.5 Å².